The average molecular weight is 338 g/mol. The Balaban J connectivity index is 2.52. The molecule has 2 aromatic rings. The van der Waals surface area contributed by atoms with E-state index in [0.717, 1.165) is 11.7 Å². The van der Waals surface area contributed by atoms with Gasteiger partial charge in [0.1, 0.15) is 5.56 Å². The maximum Gasteiger partial charge on any atom is 0.423 e. The van der Waals surface area contributed by atoms with Gasteiger partial charge in [0.05, 0.1) is 5.02 Å². The van der Waals surface area contributed by atoms with Crippen molar-refractivity contribution in [2.24, 2.45) is 14.1 Å². The summed E-state index contributed by atoms with van der Waals surface area (Å²) in [5.41, 5.74) is -3.92. The van der Waals surface area contributed by atoms with Crippen molar-refractivity contribution >= 4 is 23.5 Å². The molecule has 0 aromatic carbocycles. The number of aromatic nitrogens is 6. The minimum absolute atomic E-state index is 0.134. The van der Waals surface area contributed by atoms with Gasteiger partial charge in [-0.05, 0) is 10.4 Å². The second kappa shape index (κ2) is 5.36. The van der Waals surface area contributed by atoms with Gasteiger partial charge in [0.2, 0.25) is 5.95 Å². The lowest BCUT2D eigenvalue weighted by Crippen LogP contribution is -2.32. The van der Waals surface area contributed by atoms with Crippen LogP contribution in [0.15, 0.2) is 4.79 Å². The zero-order valence-electron chi connectivity index (χ0n) is 11.0. The first-order chi connectivity index (χ1) is 10.1. The Morgan fingerprint density at radius 1 is 1.27 bits per heavy atom. The molecule has 0 aliphatic carbocycles. The number of aryl methyl sites for hydroxylation is 2. The molecule has 1 N–H and O–H groups in total. The van der Waals surface area contributed by atoms with E-state index in [1.165, 1.54) is 7.05 Å². The molecule has 1 amide bonds. The number of carbonyl (C=O) groups is 1. The van der Waals surface area contributed by atoms with E-state index in [9.17, 15) is 22.8 Å². The molecule has 0 aliphatic rings. The van der Waals surface area contributed by atoms with Crippen LogP contribution in [0, 0.1) is 0 Å². The molecule has 2 heterocycles. The number of nitrogens with zero attached hydrogens (tertiary/aromatic N) is 6. The molecule has 22 heavy (non-hydrogen) atoms. The summed E-state index contributed by atoms with van der Waals surface area (Å²) in [6, 6.07) is 0. The summed E-state index contributed by atoms with van der Waals surface area (Å²) in [4.78, 5) is 23.5. The quantitative estimate of drug-likeness (QED) is 0.840. The van der Waals surface area contributed by atoms with Gasteiger partial charge in [-0.3, -0.25) is 14.9 Å². The normalized spacial score (nSPS) is 11.5. The monoisotopic (exact) mass is 337 g/mol. The van der Waals surface area contributed by atoms with Gasteiger partial charge in [0, 0.05) is 14.1 Å². The van der Waals surface area contributed by atoms with Crippen LogP contribution < -0.4 is 10.9 Å². The smallest absolute Gasteiger partial charge is 0.288 e. The maximum atomic E-state index is 12.9. The standard InChI is InChI=1S/C9H7ClF3N7O2/c1-19-7(22)3(9(11,12)13)4(10)5(16-19)6(21)14-8-15-17-18-20(8)2/h1-2H3,(H,14,15,18,21). The molecule has 2 aromatic heterocycles. The number of hydrogen-bond acceptors (Lipinski definition) is 6. The van der Waals surface area contributed by atoms with Crippen LogP contribution in [0.25, 0.3) is 0 Å². The highest BCUT2D eigenvalue weighted by atomic mass is 35.5. The molecule has 118 valence electrons. The van der Waals surface area contributed by atoms with Gasteiger partial charge < -0.3 is 0 Å². The molecular weight excluding hydrogens is 331 g/mol. The fraction of sp³-hybridized carbons (Fsp3) is 0.333. The van der Waals surface area contributed by atoms with E-state index < -0.39 is 33.9 Å². The average Bonchev–Trinajstić information content (AvgIpc) is 2.78. The van der Waals surface area contributed by atoms with Crippen LogP contribution in [0.2, 0.25) is 5.02 Å². The summed E-state index contributed by atoms with van der Waals surface area (Å²) < 4.78 is 40.1. The molecule has 0 radical (unpaired) electrons. The second-order valence-electron chi connectivity index (χ2n) is 4.04. The van der Waals surface area contributed by atoms with Crippen molar-refractivity contribution in [2.45, 2.75) is 6.18 Å². The summed E-state index contributed by atoms with van der Waals surface area (Å²) in [6.07, 6.45) is -5.03. The lowest BCUT2D eigenvalue weighted by Gasteiger charge is -2.12. The van der Waals surface area contributed by atoms with Crippen molar-refractivity contribution in [1.29, 1.82) is 0 Å². The molecule has 0 unspecified atom stereocenters. The Hall–Kier alpha value is -2.50. The Bertz CT molecular complexity index is 797. The predicted molar refractivity (Wildman–Crippen MR) is 66.2 cm³/mol. The zero-order chi connectivity index (χ0) is 16.7. The van der Waals surface area contributed by atoms with Crippen LogP contribution in [0.1, 0.15) is 16.1 Å². The molecule has 13 heteroatoms. The number of anilines is 1. The van der Waals surface area contributed by atoms with Crippen molar-refractivity contribution in [3.63, 3.8) is 0 Å². The van der Waals surface area contributed by atoms with E-state index in [1.807, 2.05) is 0 Å². The van der Waals surface area contributed by atoms with Gasteiger partial charge >= 0.3 is 6.18 Å². The van der Waals surface area contributed by atoms with E-state index >= 15 is 0 Å². The fourth-order valence-corrected chi connectivity index (χ4v) is 1.81. The Morgan fingerprint density at radius 3 is 2.41 bits per heavy atom. The van der Waals surface area contributed by atoms with Crippen molar-refractivity contribution in [3.8, 4) is 0 Å². The van der Waals surface area contributed by atoms with Crippen LogP contribution in [-0.2, 0) is 20.3 Å². The highest BCUT2D eigenvalue weighted by molar-refractivity contribution is 6.34. The van der Waals surface area contributed by atoms with E-state index in [0.29, 0.717) is 4.68 Å². The lowest BCUT2D eigenvalue weighted by atomic mass is 10.2. The number of nitrogens with one attached hydrogen (secondary N) is 1. The maximum absolute atomic E-state index is 12.9. The van der Waals surface area contributed by atoms with Crippen molar-refractivity contribution in [3.05, 3.63) is 26.6 Å². The highest BCUT2D eigenvalue weighted by Gasteiger charge is 2.39. The Morgan fingerprint density at radius 2 is 1.91 bits per heavy atom. The lowest BCUT2D eigenvalue weighted by molar-refractivity contribution is -0.139. The molecule has 0 aliphatic heterocycles. The number of alkyl halides is 3. The third-order valence-corrected chi connectivity index (χ3v) is 2.90. The number of rotatable bonds is 2. The summed E-state index contributed by atoms with van der Waals surface area (Å²) in [6.45, 7) is 0. The molecule has 2 rings (SSSR count). The number of hydrogen-bond donors (Lipinski definition) is 1. The minimum atomic E-state index is -5.03. The Labute approximate surface area is 124 Å². The number of amides is 1. The number of carbonyl (C=O) groups excluding carboxylic acids is 1. The third kappa shape index (κ3) is 2.77. The molecule has 0 saturated carbocycles. The summed E-state index contributed by atoms with van der Waals surface area (Å²) >= 11 is 5.53. The second-order valence-corrected chi connectivity index (χ2v) is 4.42. The first kappa shape index (κ1) is 15.9. The summed E-state index contributed by atoms with van der Waals surface area (Å²) in [5, 5.41) is 14.6. The first-order valence-corrected chi connectivity index (χ1v) is 5.88. The van der Waals surface area contributed by atoms with Crippen LogP contribution >= 0.6 is 11.6 Å². The zero-order valence-corrected chi connectivity index (χ0v) is 11.8. The number of halogens is 4. The molecule has 0 spiro atoms. The minimum Gasteiger partial charge on any atom is -0.288 e. The van der Waals surface area contributed by atoms with Crippen LogP contribution in [-0.4, -0.2) is 35.9 Å². The SMILES string of the molecule is Cn1nnnc1NC(=O)c1nn(C)c(=O)c(C(F)(F)F)c1Cl. The fourth-order valence-electron chi connectivity index (χ4n) is 1.50. The summed E-state index contributed by atoms with van der Waals surface area (Å²) in [5.74, 6) is -1.23. The molecule has 9 nitrogen and oxygen atoms in total. The van der Waals surface area contributed by atoms with Crippen LogP contribution in [0.4, 0.5) is 19.1 Å². The third-order valence-electron chi connectivity index (χ3n) is 2.53. The molecule has 0 fully saturated rings. The van der Waals surface area contributed by atoms with E-state index in [4.69, 9.17) is 11.6 Å². The van der Waals surface area contributed by atoms with E-state index in [-0.39, 0.29) is 5.95 Å². The van der Waals surface area contributed by atoms with E-state index in [2.05, 4.69) is 25.9 Å². The molecule has 0 saturated heterocycles. The van der Waals surface area contributed by atoms with Crippen molar-refractivity contribution < 1.29 is 18.0 Å². The number of tetrazole rings is 1. The highest BCUT2D eigenvalue weighted by Crippen LogP contribution is 2.33. The van der Waals surface area contributed by atoms with Gasteiger partial charge in [0.15, 0.2) is 5.69 Å². The van der Waals surface area contributed by atoms with Crippen molar-refractivity contribution in [2.75, 3.05) is 5.32 Å². The van der Waals surface area contributed by atoms with E-state index in [1.54, 1.807) is 0 Å². The topological polar surface area (TPSA) is 108 Å². The van der Waals surface area contributed by atoms with Gasteiger partial charge in [-0.25, -0.2) is 9.36 Å². The van der Waals surface area contributed by atoms with Gasteiger partial charge in [-0.2, -0.15) is 18.3 Å². The van der Waals surface area contributed by atoms with Crippen LogP contribution in [0.5, 0.6) is 0 Å². The molecule has 0 atom stereocenters. The first-order valence-electron chi connectivity index (χ1n) is 5.50. The largest absolute Gasteiger partial charge is 0.423 e. The summed E-state index contributed by atoms with van der Waals surface area (Å²) in [7, 11) is 2.36. The molecular formula is C9H7ClF3N7O2. The predicted octanol–water partition coefficient (Wildman–Crippen LogP) is 0.228. The van der Waals surface area contributed by atoms with Crippen molar-refractivity contribution in [1.82, 2.24) is 30.0 Å². The van der Waals surface area contributed by atoms with Gasteiger partial charge in [-0.1, -0.05) is 16.7 Å². The molecule has 0 bridgehead atoms. The van der Waals surface area contributed by atoms with Crippen LogP contribution in [0.3, 0.4) is 0 Å². The van der Waals surface area contributed by atoms with Gasteiger partial charge in [-0.15, -0.1) is 0 Å². The Kier molecular flexibility index (Phi) is 3.87. The van der Waals surface area contributed by atoms with Gasteiger partial charge in [0.25, 0.3) is 11.5 Å².